The molecule has 2 rings (SSSR count). The molecule has 0 bridgehead atoms. The second-order valence-electron chi connectivity index (χ2n) is 6.87. The predicted molar refractivity (Wildman–Crippen MR) is 124 cm³/mol. The molecule has 0 radical (unpaired) electrons. The molecule has 0 aliphatic rings. The molecule has 0 saturated carbocycles. The van der Waals surface area contributed by atoms with E-state index in [4.69, 9.17) is 16.3 Å². The van der Waals surface area contributed by atoms with Crippen molar-refractivity contribution in [2.75, 3.05) is 28.7 Å². The standard InChI is InChI=1S/C18H25ClN4O4S3/c1-6-13(16(24)20-17-21-22-18(29-17)28-10-11(2)3)23(30(5,25)26)14-9-12(19)7-8-15(14)27-4/h7-9,11,13H,6,10H2,1-5H3,(H,20,21,24)/t13-/m0/s1. The van der Waals surface area contributed by atoms with Gasteiger partial charge in [-0.1, -0.05) is 55.5 Å². The molecule has 1 amide bonds. The lowest BCUT2D eigenvalue weighted by Gasteiger charge is -2.30. The van der Waals surface area contributed by atoms with Gasteiger partial charge in [0.15, 0.2) is 4.34 Å². The van der Waals surface area contributed by atoms with Gasteiger partial charge >= 0.3 is 0 Å². The molecule has 8 nitrogen and oxygen atoms in total. The zero-order valence-electron chi connectivity index (χ0n) is 17.4. The number of rotatable bonds is 10. The van der Waals surface area contributed by atoms with Gasteiger partial charge in [0.25, 0.3) is 0 Å². The van der Waals surface area contributed by atoms with Gasteiger partial charge in [0, 0.05) is 10.8 Å². The van der Waals surface area contributed by atoms with E-state index in [0.29, 0.717) is 21.8 Å². The molecule has 1 aromatic carbocycles. The van der Waals surface area contributed by atoms with Gasteiger partial charge in [-0.05, 0) is 30.5 Å². The van der Waals surface area contributed by atoms with E-state index in [2.05, 4.69) is 29.4 Å². The van der Waals surface area contributed by atoms with Crippen LogP contribution in [0.4, 0.5) is 10.8 Å². The molecule has 0 spiro atoms. The van der Waals surface area contributed by atoms with Crippen LogP contribution in [0.5, 0.6) is 5.75 Å². The summed E-state index contributed by atoms with van der Waals surface area (Å²) in [6.45, 7) is 5.93. The van der Waals surface area contributed by atoms with E-state index in [-0.39, 0.29) is 12.1 Å². The number of hydrogen-bond donors (Lipinski definition) is 1. The summed E-state index contributed by atoms with van der Waals surface area (Å²) in [7, 11) is -2.41. The number of hydrogen-bond acceptors (Lipinski definition) is 8. The summed E-state index contributed by atoms with van der Waals surface area (Å²) in [6.07, 6.45) is 1.26. The van der Waals surface area contributed by atoms with Crippen LogP contribution in [0.2, 0.25) is 5.02 Å². The summed E-state index contributed by atoms with van der Waals surface area (Å²) < 4.78 is 32.3. The molecule has 0 aliphatic carbocycles. The molecule has 166 valence electrons. The summed E-state index contributed by atoms with van der Waals surface area (Å²) >= 11 is 8.90. The summed E-state index contributed by atoms with van der Waals surface area (Å²) in [4.78, 5) is 13.0. The Bertz CT molecular complexity index is 982. The van der Waals surface area contributed by atoms with Gasteiger partial charge in [-0.2, -0.15) is 0 Å². The summed E-state index contributed by atoms with van der Waals surface area (Å²) in [5.41, 5.74) is 0.194. The Kier molecular flexibility index (Phi) is 8.77. The molecule has 1 aromatic heterocycles. The first-order valence-corrected chi connectivity index (χ1v) is 13.2. The molecule has 2 aromatic rings. The number of ether oxygens (including phenoxy) is 1. The molecular formula is C18H25ClN4O4S3. The SMILES string of the molecule is CC[C@@H](C(=O)Nc1nnc(SCC(C)C)s1)N(c1cc(Cl)ccc1OC)S(C)(=O)=O. The lowest BCUT2D eigenvalue weighted by atomic mass is 10.2. The maximum absolute atomic E-state index is 13.0. The molecule has 0 saturated heterocycles. The smallest absolute Gasteiger partial charge is 0.250 e. The molecule has 0 aliphatic heterocycles. The molecule has 1 heterocycles. The number of carbonyl (C=O) groups is 1. The average molecular weight is 493 g/mol. The van der Waals surface area contributed by atoms with Crippen LogP contribution in [0, 0.1) is 5.92 Å². The number of aromatic nitrogens is 2. The Morgan fingerprint density at radius 3 is 2.63 bits per heavy atom. The summed E-state index contributed by atoms with van der Waals surface area (Å²) in [6, 6.07) is 3.58. The van der Waals surface area contributed by atoms with Crippen molar-refractivity contribution in [2.24, 2.45) is 5.92 Å². The monoisotopic (exact) mass is 492 g/mol. The van der Waals surface area contributed by atoms with Crippen LogP contribution in [0.1, 0.15) is 27.2 Å². The van der Waals surface area contributed by atoms with Crippen LogP contribution in [0.3, 0.4) is 0 Å². The van der Waals surface area contributed by atoms with E-state index in [1.54, 1.807) is 30.8 Å². The minimum Gasteiger partial charge on any atom is -0.495 e. The number of anilines is 2. The Hall–Kier alpha value is -1.56. The number of sulfonamides is 1. The van der Waals surface area contributed by atoms with Crippen LogP contribution < -0.4 is 14.4 Å². The van der Waals surface area contributed by atoms with Crippen molar-refractivity contribution in [1.82, 2.24) is 10.2 Å². The molecule has 12 heteroatoms. The Morgan fingerprint density at radius 1 is 1.37 bits per heavy atom. The highest BCUT2D eigenvalue weighted by Crippen LogP contribution is 2.35. The van der Waals surface area contributed by atoms with Gasteiger partial charge in [0.2, 0.25) is 21.1 Å². The zero-order valence-corrected chi connectivity index (χ0v) is 20.6. The Morgan fingerprint density at radius 2 is 2.07 bits per heavy atom. The first-order chi connectivity index (χ1) is 14.1. The first kappa shape index (κ1) is 24.7. The van der Waals surface area contributed by atoms with E-state index in [9.17, 15) is 13.2 Å². The van der Waals surface area contributed by atoms with Gasteiger partial charge in [0.05, 0.1) is 19.1 Å². The number of thioether (sulfide) groups is 1. The van der Waals surface area contributed by atoms with Gasteiger partial charge in [-0.15, -0.1) is 10.2 Å². The fourth-order valence-electron chi connectivity index (χ4n) is 2.62. The van der Waals surface area contributed by atoms with Crippen LogP contribution >= 0.6 is 34.7 Å². The number of benzene rings is 1. The van der Waals surface area contributed by atoms with Crippen molar-refractivity contribution in [1.29, 1.82) is 0 Å². The van der Waals surface area contributed by atoms with E-state index < -0.39 is 22.0 Å². The number of nitrogens with one attached hydrogen (secondary N) is 1. The van der Waals surface area contributed by atoms with Gasteiger partial charge in [-0.25, -0.2) is 8.42 Å². The molecule has 30 heavy (non-hydrogen) atoms. The third-order valence-corrected chi connectivity index (χ3v) is 7.68. The zero-order chi connectivity index (χ0) is 22.5. The highest BCUT2D eigenvalue weighted by atomic mass is 35.5. The van der Waals surface area contributed by atoms with Crippen LogP contribution in [0.25, 0.3) is 0 Å². The Labute approximate surface area is 190 Å². The van der Waals surface area contributed by atoms with Gasteiger partial charge < -0.3 is 4.74 Å². The van der Waals surface area contributed by atoms with Gasteiger partial charge in [0.1, 0.15) is 11.8 Å². The average Bonchev–Trinajstić information content (AvgIpc) is 3.10. The maximum Gasteiger partial charge on any atom is 0.250 e. The van der Waals surface area contributed by atoms with Crippen LogP contribution in [0.15, 0.2) is 22.5 Å². The van der Waals surface area contributed by atoms with Crippen molar-refractivity contribution in [3.05, 3.63) is 23.2 Å². The fourth-order valence-corrected chi connectivity index (χ4v) is 5.72. The second-order valence-corrected chi connectivity index (χ2v) is 11.4. The summed E-state index contributed by atoms with van der Waals surface area (Å²) in [5, 5.41) is 11.4. The van der Waals surface area contributed by atoms with E-state index in [1.165, 1.54) is 24.5 Å². The number of nitrogens with zero attached hydrogens (tertiary/aromatic N) is 3. The minimum atomic E-state index is -3.83. The first-order valence-electron chi connectivity index (χ1n) is 9.16. The minimum absolute atomic E-state index is 0.194. The highest BCUT2D eigenvalue weighted by Gasteiger charge is 2.34. The second kappa shape index (κ2) is 10.7. The van der Waals surface area contributed by atoms with Gasteiger partial charge in [-0.3, -0.25) is 14.4 Å². The largest absolute Gasteiger partial charge is 0.495 e. The van der Waals surface area contributed by atoms with Crippen LogP contribution in [-0.4, -0.2) is 49.7 Å². The molecule has 1 N–H and O–H groups in total. The topological polar surface area (TPSA) is 101 Å². The maximum atomic E-state index is 13.0. The highest BCUT2D eigenvalue weighted by molar-refractivity contribution is 8.01. The van der Waals surface area contributed by atoms with Crippen molar-refractivity contribution in [3.63, 3.8) is 0 Å². The van der Waals surface area contributed by atoms with E-state index in [0.717, 1.165) is 20.7 Å². The molecule has 0 fully saturated rings. The van der Waals surface area contributed by atoms with Crippen molar-refractivity contribution in [2.45, 2.75) is 37.6 Å². The Balaban J connectivity index is 2.32. The van der Waals surface area contributed by atoms with Crippen molar-refractivity contribution >= 4 is 61.4 Å². The predicted octanol–water partition coefficient (Wildman–Crippen LogP) is 4.13. The molecule has 1 atom stereocenters. The lowest BCUT2D eigenvalue weighted by molar-refractivity contribution is -0.117. The normalized spacial score (nSPS) is 12.6. The van der Waals surface area contributed by atoms with E-state index in [1.807, 2.05) is 0 Å². The fraction of sp³-hybridized carbons (Fsp3) is 0.500. The molecule has 0 unspecified atom stereocenters. The number of halogens is 1. The number of methoxy groups -OCH3 is 1. The third-order valence-electron chi connectivity index (χ3n) is 3.88. The van der Waals surface area contributed by atoms with E-state index >= 15 is 0 Å². The molecular weight excluding hydrogens is 468 g/mol. The third kappa shape index (κ3) is 6.47. The summed E-state index contributed by atoms with van der Waals surface area (Å²) in [5.74, 6) is 1.16. The van der Waals surface area contributed by atoms with Crippen molar-refractivity contribution < 1.29 is 17.9 Å². The number of amides is 1. The number of carbonyl (C=O) groups excluding carboxylic acids is 1. The quantitative estimate of drug-likeness (QED) is 0.393. The lowest BCUT2D eigenvalue weighted by Crippen LogP contribution is -2.47. The van der Waals surface area contributed by atoms with Crippen molar-refractivity contribution in [3.8, 4) is 5.75 Å². The van der Waals surface area contributed by atoms with Crippen LogP contribution in [-0.2, 0) is 14.8 Å².